The van der Waals surface area contributed by atoms with Crippen LogP contribution < -0.4 is 5.32 Å². The third kappa shape index (κ3) is 2.48. The van der Waals surface area contributed by atoms with E-state index in [0.717, 1.165) is 16.7 Å². The molecule has 0 saturated heterocycles. The summed E-state index contributed by atoms with van der Waals surface area (Å²) in [5.41, 5.74) is 4.50. The van der Waals surface area contributed by atoms with Crippen LogP contribution in [0.2, 0.25) is 0 Å². The number of nitrogens with one attached hydrogen (secondary N) is 1. The lowest BCUT2D eigenvalue weighted by atomic mass is 9.93. The van der Waals surface area contributed by atoms with Crippen LogP contribution in [0.5, 0.6) is 0 Å². The Bertz CT molecular complexity index is 1240. The van der Waals surface area contributed by atoms with E-state index < -0.39 is 5.82 Å². The molecule has 5 heterocycles. The van der Waals surface area contributed by atoms with Crippen molar-refractivity contribution in [1.82, 2.24) is 29.1 Å². The van der Waals surface area contributed by atoms with Gasteiger partial charge in [-0.05, 0) is 11.6 Å². The molecule has 1 aliphatic heterocycles. The summed E-state index contributed by atoms with van der Waals surface area (Å²) < 4.78 is 18.0. The van der Waals surface area contributed by atoms with Gasteiger partial charge >= 0.3 is 0 Å². The third-order valence-corrected chi connectivity index (χ3v) is 4.78. The molecule has 2 N–H and O–H groups in total. The van der Waals surface area contributed by atoms with E-state index in [0.29, 0.717) is 29.3 Å². The highest BCUT2D eigenvalue weighted by atomic mass is 19.1. The Morgan fingerprint density at radius 2 is 2.07 bits per heavy atom. The van der Waals surface area contributed by atoms with E-state index in [4.69, 9.17) is 0 Å². The Labute approximate surface area is 159 Å². The molecule has 0 unspecified atom stereocenters. The Kier molecular flexibility index (Phi) is 3.69. The SMILES string of the molecule is Cn1cc(-c2ncnc3c2C(c2cc(F)c4ncc(CO)n4c2)=CCN3)cn1. The second-order valence-corrected chi connectivity index (χ2v) is 6.53. The molecule has 8 nitrogen and oxygen atoms in total. The van der Waals surface area contributed by atoms with Gasteiger partial charge in [-0.25, -0.2) is 19.3 Å². The lowest BCUT2D eigenvalue weighted by Gasteiger charge is -2.21. The molecule has 4 aromatic heterocycles. The number of aliphatic hydroxyl groups excluding tert-OH is 1. The fraction of sp³-hybridized carbons (Fsp3) is 0.158. The maximum absolute atomic E-state index is 14.7. The van der Waals surface area contributed by atoms with Crippen LogP contribution in [-0.2, 0) is 13.7 Å². The molecule has 0 radical (unpaired) electrons. The fourth-order valence-corrected chi connectivity index (χ4v) is 3.51. The quantitative estimate of drug-likeness (QED) is 0.567. The summed E-state index contributed by atoms with van der Waals surface area (Å²) in [4.78, 5) is 12.9. The van der Waals surface area contributed by atoms with Crippen LogP contribution in [-0.4, -0.2) is 40.8 Å². The number of fused-ring (bicyclic) bond motifs is 2. The first kappa shape index (κ1) is 16.6. The first-order valence-electron chi connectivity index (χ1n) is 8.71. The maximum atomic E-state index is 14.7. The molecule has 5 rings (SSSR count). The van der Waals surface area contributed by atoms with Crippen LogP contribution in [0.15, 0.2) is 43.3 Å². The number of hydrogen-bond acceptors (Lipinski definition) is 6. The molecule has 0 bridgehead atoms. The summed E-state index contributed by atoms with van der Waals surface area (Å²) in [6.07, 6.45) is 10.3. The van der Waals surface area contributed by atoms with Gasteiger partial charge in [0.15, 0.2) is 11.5 Å². The highest BCUT2D eigenvalue weighted by molar-refractivity contribution is 5.93. The summed E-state index contributed by atoms with van der Waals surface area (Å²) >= 11 is 0. The summed E-state index contributed by atoms with van der Waals surface area (Å²) in [5.74, 6) is 0.220. The average Bonchev–Trinajstić information content (AvgIpc) is 3.33. The van der Waals surface area contributed by atoms with Crippen molar-refractivity contribution < 1.29 is 9.50 Å². The van der Waals surface area contributed by atoms with Crippen LogP contribution in [0, 0.1) is 5.82 Å². The first-order valence-corrected chi connectivity index (χ1v) is 8.71. The van der Waals surface area contributed by atoms with Crippen molar-refractivity contribution in [2.75, 3.05) is 11.9 Å². The van der Waals surface area contributed by atoms with Crippen LogP contribution >= 0.6 is 0 Å². The van der Waals surface area contributed by atoms with Gasteiger partial charge in [0.05, 0.1) is 36.0 Å². The normalized spacial score (nSPS) is 13.3. The molecule has 9 heteroatoms. The van der Waals surface area contributed by atoms with E-state index in [1.54, 1.807) is 21.5 Å². The van der Waals surface area contributed by atoms with Crippen LogP contribution in [0.25, 0.3) is 22.5 Å². The van der Waals surface area contributed by atoms with Crippen LogP contribution in [0.3, 0.4) is 0 Å². The topological polar surface area (TPSA) is 93.2 Å². The Morgan fingerprint density at radius 3 is 2.86 bits per heavy atom. The van der Waals surface area contributed by atoms with Gasteiger partial charge in [0.1, 0.15) is 12.1 Å². The van der Waals surface area contributed by atoms with Crippen LogP contribution in [0.4, 0.5) is 10.2 Å². The average molecular weight is 377 g/mol. The first-order chi connectivity index (χ1) is 13.7. The highest BCUT2D eigenvalue weighted by Gasteiger charge is 2.23. The molecular weight excluding hydrogens is 361 g/mol. The number of anilines is 1. The van der Waals surface area contributed by atoms with E-state index in [9.17, 15) is 9.50 Å². The van der Waals surface area contributed by atoms with E-state index in [-0.39, 0.29) is 12.3 Å². The van der Waals surface area contributed by atoms with Crippen molar-refractivity contribution in [3.05, 3.63) is 65.9 Å². The second-order valence-electron chi connectivity index (χ2n) is 6.53. The van der Waals surface area contributed by atoms with Crippen molar-refractivity contribution in [2.24, 2.45) is 7.05 Å². The predicted octanol–water partition coefficient (Wildman–Crippen LogP) is 2.01. The van der Waals surface area contributed by atoms with Gasteiger partial charge in [-0.15, -0.1) is 0 Å². The molecule has 1 aliphatic rings. The van der Waals surface area contributed by atoms with Gasteiger partial charge in [-0.2, -0.15) is 5.10 Å². The number of nitrogens with zero attached hydrogens (tertiary/aromatic N) is 6. The molecule has 0 amide bonds. The minimum atomic E-state index is -0.460. The lowest BCUT2D eigenvalue weighted by molar-refractivity contribution is 0.275. The van der Waals surface area contributed by atoms with E-state index >= 15 is 0 Å². The maximum Gasteiger partial charge on any atom is 0.173 e. The van der Waals surface area contributed by atoms with E-state index in [1.165, 1.54) is 18.6 Å². The van der Waals surface area contributed by atoms with E-state index in [1.807, 2.05) is 19.3 Å². The monoisotopic (exact) mass is 377 g/mol. The van der Waals surface area contributed by atoms with Gasteiger partial charge in [0, 0.05) is 37.1 Å². The Morgan fingerprint density at radius 1 is 1.18 bits per heavy atom. The summed E-state index contributed by atoms with van der Waals surface area (Å²) in [7, 11) is 1.84. The minimum Gasteiger partial charge on any atom is -0.390 e. The molecule has 0 spiro atoms. The standard InChI is InChI=1S/C19H16FN7O/c1-26-7-12(5-25-26)17-16-14(2-3-21-18(16)24-10-23-17)11-4-15(20)19-22-6-13(9-28)27(19)8-11/h2,4-8,10,28H,3,9H2,1H3,(H,21,23,24). The summed E-state index contributed by atoms with van der Waals surface area (Å²) in [6.45, 7) is 0.327. The Balaban J connectivity index is 1.74. The second kappa shape index (κ2) is 6.24. The molecular formula is C19H16FN7O. The third-order valence-electron chi connectivity index (χ3n) is 4.78. The number of aromatic nitrogens is 6. The van der Waals surface area contributed by atoms with Crippen molar-refractivity contribution in [3.63, 3.8) is 0 Å². The number of hydrogen-bond donors (Lipinski definition) is 2. The number of halogens is 1. The molecule has 0 atom stereocenters. The zero-order valence-electron chi connectivity index (χ0n) is 15.0. The molecule has 0 aromatic carbocycles. The van der Waals surface area contributed by atoms with Crippen molar-refractivity contribution in [2.45, 2.75) is 6.61 Å². The van der Waals surface area contributed by atoms with E-state index in [2.05, 4.69) is 25.4 Å². The van der Waals surface area contributed by atoms with Crippen molar-refractivity contribution in [1.29, 1.82) is 0 Å². The Hall–Kier alpha value is -3.59. The molecule has 140 valence electrons. The molecule has 0 aliphatic carbocycles. The number of aliphatic hydroxyl groups is 1. The lowest BCUT2D eigenvalue weighted by Crippen LogP contribution is -2.13. The largest absolute Gasteiger partial charge is 0.390 e. The molecule has 0 fully saturated rings. The number of aryl methyl sites for hydroxylation is 1. The summed E-state index contributed by atoms with van der Waals surface area (Å²) in [6, 6.07) is 1.45. The highest BCUT2D eigenvalue weighted by Crippen LogP contribution is 2.37. The van der Waals surface area contributed by atoms with Gasteiger partial charge in [0.25, 0.3) is 0 Å². The molecule has 4 aromatic rings. The van der Waals surface area contributed by atoms with Gasteiger partial charge in [-0.1, -0.05) is 6.08 Å². The van der Waals surface area contributed by atoms with Gasteiger partial charge in [-0.3, -0.25) is 9.08 Å². The zero-order valence-corrected chi connectivity index (χ0v) is 15.0. The fourth-order valence-electron chi connectivity index (χ4n) is 3.51. The number of pyridine rings is 1. The van der Waals surface area contributed by atoms with Crippen LogP contribution in [0.1, 0.15) is 16.8 Å². The van der Waals surface area contributed by atoms with Gasteiger partial charge < -0.3 is 10.4 Å². The van der Waals surface area contributed by atoms with Crippen molar-refractivity contribution >= 4 is 17.0 Å². The smallest absolute Gasteiger partial charge is 0.173 e. The molecule has 28 heavy (non-hydrogen) atoms. The minimum absolute atomic E-state index is 0.180. The number of imidazole rings is 1. The summed E-state index contributed by atoms with van der Waals surface area (Å²) in [5, 5.41) is 17.0. The molecule has 0 saturated carbocycles. The number of rotatable bonds is 3. The predicted molar refractivity (Wildman–Crippen MR) is 101 cm³/mol. The van der Waals surface area contributed by atoms with Crippen molar-refractivity contribution in [3.8, 4) is 11.3 Å². The van der Waals surface area contributed by atoms with Gasteiger partial charge in [0.2, 0.25) is 0 Å². The zero-order chi connectivity index (χ0) is 19.3.